The van der Waals surface area contributed by atoms with Gasteiger partial charge in [-0.1, -0.05) is 59.8 Å². The van der Waals surface area contributed by atoms with Gasteiger partial charge in [-0.05, 0) is 30.4 Å². The molecule has 1 N–H and O–H groups in total. The van der Waals surface area contributed by atoms with Crippen LogP contribution in [0.2, 0.25) is 0 Å². The third-order valence-electron chi connectivity index (χ3n) is 3.57. The van der Waals surface area contributed by atoms with E-state index in [1.54, 1.807) is 0 Å². The first-order chi connectivity index (χ1) is 7.79. The molecule has 1 atom stereocenters. The highest BCUT2D eigenvalue weighted by molar-refractivity contribution is 9.10. The van der Waals surface area contributed by atoms with Crippen molar-refractivity contribution in [3.8, 4) is 0 Å². The fraction of sp³-hybridized carbons (Fsp3) is 0.571. The van der Waals surface area contributed by atoms with E-state index in [0.29, 0.717) is 5.92 Å². The molecule has 0 aromatic heterocycles. The van der Waals surface area contributed by atoms with Crippen LogP contribution in [0.15, 0.2) is 28.7 Å². The molecule has 1 aliphatic rings. The van der Waals surface area contributed by atoms with Gasteiger partial charge in [0.05, 0.1) is 6.10 Å². The molecule has 88 valence electrons. The van der Waals surface area contributed by atoms with Crippen molar-refractivity contribution in [3.63, 3.8) is 0 Å². The average Bonchev–Trinajstić information content (AvgIpc) is 2.57. The number of halogens is 1. The summed E-state index contributed by atoms with van der Waals surface area (Å²) in [7, 11) is 0. The summed E-state index contributed by atoms with van der Waals surface area (Å²) in [6.45, 7) is 0. The average molecular weight is 283 g/mol. The van der Waals surface area contributed by atoms with Gasteiger partial charge in [0.2, 0.25) is 0 Å². The Balaban J connectivity index is 2.11. The topological polar surface area (TPSA) is 20.2 Å². The molecule has 1 aromatic carbocycles. The maximum absolute atomic E-state index is 10.4. The number of benzene rings is 1. The molecular formula is C14H19BrO. The van der Waals surface area contributed by atoms with Gasteiger partial charge in [0.15, 0.2) is 0 Å². The molecule has 1 aliphatic carbocycles. The van der Waals surface area contributed by atoms with E-state index in [4.69, 9.17) is 0 Å². The quantitative estimate of drug-likeness (QED) is 0.795. The standard InChI is InChI=1S/C14H19BrO/c15-13-10-6-5-9-12(13)14(16)11-7-3-1-2-4-8-11/h5-6,9-11,14,16H,1-4,7-8H2/t14-/m0/s1. The molecule has 0 bridgehead atoms. The molecule has 2 heteroatoms. The Morgan fingerprint density at radius 1 is 1.06 bits per heavy atom. The Morgan fingerprint density at radius 3 is 2.31 bits per heavy atom. The van der Waals surface area contributed by atoms with Crippen LogP contribution < -0.4 is 0 Å². The highest BCUT2D eigenvalue weighted by atomic mass is 79.9. The normalized spacial score (nSPS) is 20.4. The first kappa shape index (κ1) is 12.1. The van der Waals surface area contributed by atoms with Crippen molar-refractivity contribution in [2.24, 2.45) is 5.92 Å². The minimum absolute atomic E-state index is 0.298. The highest BCUT2D eigenvalue weighted by Gasteiger charge is 2.23. The Hall–Kier alpha value is -0.340. The number of aliphatic hydroxyl groups excluding tert-OH is 1. The van der Waals surface area contributed by atoms with Crippen molar-refractivity contribution in [2.75, 3.05) is 0 Å². The number of aliphatic hydroxyl groups is 1. The van der Waals surface area contributed by atoms with Crippen LogP contribution in [-0.2, 0) is 0 Å². The lowest BCUT2D eigenvalue weighted by Crippen LogP contribution is -2.12. The van der Waals surface area contributed by atoms with Gasteiger partial charge >= 0.3 is 0 Å². The molecule has 0 saturated heterocycles. The van der Waals surface area contributed by atoms with Crippen LogP contribution in [0, 0.1) is 5.92 Å². The smallest absolute Gasteiger partial charge is 0.0829 e. The van der Waals surface area contributed by atoms with Gasteiger partial charge in [0, 0.05) is 4.47 Å². The molecule has 1 fully saturated rings. The molecular weight excluding hydrogens is 264 g/mol. The van der Waals surface area contributed by atoms with Crippen molar-refractivity contribution in [1.82, 2.24) is 0 Å². The van der Waals surface area contributed by atoms with Crippen molar-refractivity contribution < 1.29 is 5.11 Å². The van der Waals surface area contributed by atoms with E-state index in [0.717, 1.165) is 10.0 Å². The fourth-order valence-electron chi connectivity index (χ4n) is 2.60. The summed E-state index contributed by atoms with van der Waals surface area (Å²) in [5, 5.41) is 10.4. The van der Waals surface area contributed by atoms with Crippen LogP contribution in [-0.4, -0.2) is 5.11 Å². The number of rotatable bonds is 2. The summed E-state index contributed by atoms with van der Waals surface area (Å²) in [5.41, 5.74) is 1.05. The maximum atomic E-state index is 10.4. The molecule has 0 amide bonds. The van der Waals surface area contributed by atoms with E-state index in [2.05, 4.69) is 15.9 Å². The lowest BCUT2D eigenvalue weighted by Gasteiger charge is -2.22. The Kier molecular flexibility index (Phi) is 4.42. The van der Waals surface area contributed by atoms with Gasteiger partial charge in [0.25, 0.3) is 0 Å². The van der Waals surface area contributed by atoms with Crippen LogP contribution in [0.25, 0.3) is 0 Å². The summed E-state index contributed by atoms with van der Waals surface area (Å²) in [6.07, 6.45) is 7.25. The second-order valence-corrected chi connectivity index (χ2v) is 5.57. The molecule has 1 aromatic rings. The van der Waals surface area contributed by atoms with Crippen molar-refractivity contribution in [3.05, 3.63) is 34.3 Å². The Labute approximate surface area is 106 Å². The lowest BCUT2D eigenvalue weighted by molar-refractivity contribution is 0.0981. The van der Waals surface area contributed by atoms with E-state index in [9.17, 15) is 5.11 Å². The summed E-state index contributed by atoms with van der Waals surface area (Å²) in [5.74, 6) is 0.446. The second-order valence-electron chi connectivity index (χ2n) is 4.72. The minimum atomic E-state index is -0.298. The predicted molar refractivity (Wildman–Crippen MR) is 70.3 cm³/mol. The van der Waals surface area contributed by atoms with Crippen LogP contribution >= 0.6 is 15.9 Å². The van der Waals surface area contributed by atoms with E-state index < -0.39 is 0 Å². The van der Waals surface area contributed by atoms with Gasteiger partial charge < -0.3 is 5.11 Å². The first-order valence-electron chi connectivity index (χ1n) is 6.21. The van der Waals surface area contributed by atoms with Crippen molar-refractivity contribution in [2.45, 2.75) is 44.6 Å². The van der Waals surface area contributed by atoms with Crippen molar-refractivity contribution in [1.29, 1.82) is 0 Å². The summed E-state index contributed by atoms with van der Waals surface area (Å²) >= 11 is 3.52. The molecule has 1 nitrogen and oxygen atoms in total. The maximum Gasteiger partial charge on any atom is 0.0829 e. The molecule has 0 radical (unpaired) electrons. The van der Waals surface area contributed by atoms with Crippen LogP contribution in [0.3, 0.4) is 0 Å². The van der Waals surface area contributed by atoms with E-state index >= 15 is 0 Å². The summed E-state index contributed by atoms with van der Waals surface area (Å²) < 4.78 is 1.03. The summed E-state index contributed by atoms with van der Waals surface area (Å²) in [4.78, 5) is 0. The third-order valence-corrected chi connectivity index (χ3v) is 4.29. The molecule has 1 saturated carbocycles. The highest BCUT2D eigenvalue weighted by Crippen LogP contribution is 2.35. The number of hydrogen-bond donors (Lipinski definition) is 1. The zero-order valence-corrected chi connectivity index (χ0v) is 11.1. The zero-order chi connectivity index (χ0) is 11.4. The van der Waals surface area contributed by atoms with Crippen LogP contribution in [0.1, 0.15) is 50.2 Å². The van der Waals surface area contributed by atoms with Crippen molar-refractivity contribution >= 4 is 15.9 Å². The monoisotopic (exact) mass is 282 g/mol. The summed E-state index contributed by atoms with van der Waals surface area (Å²) in [6, 6.07) is 8.03. The van der Waals surface area contributed by atoms with Gasteiger partial charge in [-0.25, -0.2) is 0 Å². The molecule has 0 heterocycles. The molecule has 0 unspecified atom stereocenters. The fourth-order valence-corrected chi connectivity index (χ4v) is 3.11. The van der Waals surface area contributed by atoms with Gasteiger partial charge in [-0.15, -0.1) is 0 Å². The van der Waals surface area contributed by atoms with Gasteiger partial charge in [0.1, 0.15) is 0 Å². The van der Waals surface area contributed by atoms with E-state index in [1.807, 2.05) is 24.3 Å². The SMILES string of the molecule is O[C@H](c1ccccc1Br)C1CCCCCC1. The predicted octanol–water partition coefficient (Wildman–Crippen LogP) is 4.45. The second kappa shape index (κ2) is 5.83. The molecule has 0 aliphatic heterocycles. The minimum Gasteiger partial charge on any atom is -0.388 e. The van der Waals surface area contributed by atoms with E-state index in [-0.39, 0.29) is 6.10 Å². The third kappa shape index (κ3) is 2.86. The lowest BCUT2D eigenvalue weighted by atomic mass is 9.89. The zero-order valence-electron chi connectivity index (χ0n) is 9.53. The van der Waals surface area contributed by atoms with Crippen LogP contribution in [0.4, 0.5) is 0 Å². The molecule has 0 spiro atoms. The van der Waals surface area contributed by atoms with E-state index in [1.165, 1.54) is 38.5 Å². The molecule has 2 rings (SSSR count). The first-order valence-corrected chi connectivity index (χ1v) is 7.01. The van der Waals surface area contributed by atoms with Gasteiger partial charge in [-0.3, -0.25) is 0 Å². The Bertz CT molecular complexity index is 329. The number of hydrogen-bond acceptors (Lipinski definition) is 1. The van der Waals surface area contributed by atoms with Gasteiger partial charge in [-0.2, -0.15) is 0 Å². The molecule has 16 heavy (non-hydrogen) atoms. The van der Waals surface area contributed by atoms with Crippen LogP contribution in [0.5, 0.6) is 0 Å². The Morgan fingerprint density at radius 2 is 1.69 bits per heavy atom. The largest absolute Gasteiger partial charge is 0.388 e.